The summed E-state index contributed by atoms with van der Waals surface area (Å²) in [5.74, 6) is 1.01. The second kappa shape index (κ2) is 13.7. The van der Waals surface area contributed by atoms with Gasteiger partial charge in [0.25, 0.3) is 0 Å². The second-order valence-electron chi connectivity index (χ2n) is 7.50. The van der Waals surface area contributed by atoms with Crippen molar-refractivity contribution in [2.45, 2.75) is 104 Å². The molecule has 0 amide bonds. The van der Waals surface area contributed by atoms with Gasteiger partial charge in [0, 0.05) is 0 Å². The van der Waals surface area contributed by atoms with Gasteiger partial charge in [-0.15, -0.1) is 0 Å². The lowest BCUT2D eigenvalue weighted by atomic mass is 9.81. The molecule has 0 saturated carbocycles. The fourth-order valence-corrected chi connectivity index (χ4v) is 3.25. The zero-order chi connectivity index (χ0) is 16.0. The number of allylic oxidation sites excluding steroid dienone is 1. The Bertz CT molecular complexity index is 242. The van der Waals surface area contributed by atoms with Gasteiger partial charge >= 0.3 is 0 Å². The van der Waals surface area contributed by atoms with Crippen LogP contribution in [0.2, 0.25) is 0 Å². The zero-order valence-electron chi connectivity index (χ0n) is 15.1. The molecule has 0 rings (SSSR count). The molecular weight excluding hydrogens is 272 g/mol. The molecule has 0 saturated heterocycles. The number of thiol groups is 1. The molecule has 0 unspecified atom stereocenters. The Kier molecular flexibility index (Phi) is 13.8. The highest BCUT2D eigenvalue weighted by molar-refractivity contribution is 7.80. The Labute approximate surface area is 140 Å². The van der Waals surface area contributed by atoms with Gasteiger partial charge in [0.15, 0.2) is 0 Å². The van der Waals surface area contributed by atoms with Gasteiger partial charge < -0.3 is 0 Å². The minimum atomic E-state index is 0.416. The third-order valence-electron chi connectivity index (χ3n) is 4.37. The first-order chi connectivity index (χ1) is 10.0. The molecule has 0 aromatic heterocycles. The monoisotopic (exact) mass is 312 g/mol. The second-order valence-corrected chi connectivity index (χ2v) is 7.94. The Morgan fingerprint density at radius 2 is 1.38 bits per heavy atom. The van der Waals surface area contributed by atoms with E-state index in [2.05, 4.69) is 40.0 Å². The van der Waals surface area contributed by atoms with Crippen molar-refractivity contribution in [1.29, 1.82) is 0 Å². The lowest BCUT2D eigenvalue weighted by molar-refractivity contribution is 0.325. The predicted molar refractivity (Wildman–Crippen MR) is 102 cm³/mol. The summed E-state index contributed by atoms with van der Waals surface area (Å²) in [7, 11) is 0. The Morgan fingerprint density at radius 3 is 1.90 bits per heavy atom. The molecule has 0 aliphatic rings. The van der Waals surface area contributed by atoms with Crippen molar-refractivity contribution in [2.75, 3.05) is 5.75 Å². The van der Waals surface area contributed by atoms with Gasteiger partial charge in [0.05, 0.1) is 0 Å². The van der Waals surface area contributed by atoms with Crippen LogP contribution in [0.1, 0.15) is 104 Å². The van der Waals surface area contributed by atoms with E-state index in [1.807, 2.05) is 0 Å². The van der Waals surface area contributed by atoms with Crippen molar-refractivity contribution in [3.63, 3.8) is 0 Å². The molecule has 1 heteroatoms. The van der Waals surface area contributed by atoms with Gasteiger partial charge in [-0.05, 0) is 43.3 Å². The van der Waals surface area contributed by atoms with E-state index in [9.17, 15) is 0 Å². The van der Waals surface area contributed by atoms with Crippen LogP contribution in [0.25, 0.3) is 0 Å². The summed E-state index contributed by atoms with van der Waals surface area (Å²) in [5, 5.41) is 0. The number of unbranched alkanes of at least 4 members (excludes halogenated alkanes) is 8. The highest BCUT2D eigenvalue weighted by Gasteiger charge is 2.17. The summed E-state index contributed by atoms with van der Waals surface area (Å²) in [6.45, 7) is 11.3. The van der Waals surface area contributed by atoms with Crippen LogP contribution in [0.4, 0.5) is 0 Å². The van der Waals surface area contributed by atoms with Gasteiger partial charge in [-0.3, -0.25) is 0 Å². The summed E-state index contributed by atoms with van der Waals surface area (Å²) in [6.07, 6.45) is 17.6. The van der Waals surface area contributed by atoms with Gasteiger partial charge in [0.1, 0.15) is 0 Å². The molecule has 0 radical (unpaired) electrons. The molecule has 0 N–H and O–H groups in total. The molecule has 0 aromatic carbocycles. The van der Waals surface area contributed by atoms with E-state index in [1.165, 1.54) is 89.0 Å². The zero-order valence-corrected chi connectivity index (χ0v) is 15.9. The van der Waals surface area contributed by atoms with E-state index < -0.39 is 0 Å². The SMILES string of the molecule is C=C(CCCCCCCCCCC)CC(C)(C)CCCS. The lowest BCUT2D eigenvalue weighted by Crippen LogP contribution is -2.12. The first-order valence-corrected chi connectivity index (χ1v) is 9.92. The molecule has 0 aliphatic heterocycles. The maximum Gasteiger partial charge on any atom is -0.00977 e. The van der Waals surface area contributed by atoms with Crippen LogP contribution in [0.5, 0.6) is 0 Å². The summed E-state index contributed by atoms with van der Waals surface area (Å²) in [5.41, 5.74) is 1.88. The number of rotatable bonds is 15. The molecule has 21 heavy (non-hydrogen) atoms. The molecular formula is C20H40S. The summed E-state index contributed by atoms with van der Waals surface area (Å²) in [4.78, 5) is 0. The fraction of sp³-hybridized carbons (Fsp3) is 0.900. The van der Waals surface area contributed by atoms with Crippen LogP contribution in [-0.4, -0.2) is 5.75 Å². The maximum atomic E-state index is 4.32. The standard InChI is InChI=1S/C20H40S/c1-5-6-7-8-9-10-11-12-13-15-19(2)18-20(3,4)16-14-17-21/h21H,2,5-18H2,1,3-4H3. The topological polar surface area (TPSA) is 0 Å². The third-order valence-corrected chi connectivity index (χ3v) is 4.69. The number of hydrogen-bond acceptors (Lipinski definition) is 1. The van der Waals surface area contributed by atoms with Gasteiger partial charge in [-0.2, -0.15) is 12.6 Å². The molecule has 0 atom stereocenters. The highest BCUT2D eigenvalue weighted by atomic mass is 32.1. The van der Waals surface area contributed by atoms with Crippen LogP contribution in [0.3, 0.4) is 0 Å². The van der Waals surface area contributed by atoms with E-state index >= 15 is 0 Å². The summed E-state index contributed by atoms with van der Waals surface area (Å²) < 4.78 is 0. The lowest BCUT2D eigenvalue weighted by Gasteiger charge is -2.25. The van der Waals surface area contributed by atoms with E-state index in [0.717, 1.165) is 5.75 Å². The molecule has 0 heterocycles. The van der Waals surface area contributed by atoms with Crippen LogP contribution in [0, 0.1) is 5.41 Å². The number of hydrogen-bond donors (Lipinski definition) is 1. The molecule has 126 valence electrons. The fourth-order valence-electron chi connectivity index (χ4n) is 3.10. The van der Waals surface area contributed by atoms with Crippen molar-refractivity contribution >= 4 is 12.6 Å². The van der Waals surface area contributed by atoms with Gasteiger partial charge in [0.2, 0.25) is 0 Å². The van der Waals surface area contributed by atoms with Crippen LogP contribution >= 0.6 is 12.6 Å². The van der Waals surface area contributed by atoms with Crippen molar-refractivity contribution in [1.82, 2.24) is 0 Å². The Balaban J connectivity index is 3.45. The average molecular weight is 313 g/mol. The Morgan fingerprint density at radius 1 is 0.857 bits per heavy atom. The molecule has 0 bridgehead atoms. The predicted octanol–water partition coefficient (Wildman–Crippen LogP) is 7.59. The van der Waals surface area contributed by atoms with E-state index in [-0.39, 0.29) is 0 Å². The van der Waals surface area contributed by atoms with E-state index in [4.69, 9.17) is 0 Å². The third kappa shape index (κ3) is 14.8. The van der Waals surface area contributed by atoms with Crippen LogP contribution in [-0.2, 0) is 0 Å². The van der Waals surface area contributed by atoms with Crippen molar-refractivity contribution in [2.24, 2.45) is 5.41 Å². The minimum Gasteiger partial charge on any atom is -0.179 e. The largest absolute Gasteiger partial charge is 0.179 e. The van der Waals surface area contributed by atoms with Crippen molar-refractivity contribution in [3.8, 4) is 0 Å². The first kappa shape index (κ1) is 21.1. The molecule has 0 aliphatic carbocycles. The first-order valence-electron chi connectivity index (χ1n) is 9.29. The maximum absolute atomic E-state index is 4.32. The smallest absolute Gasteiger partial charge is 0.00977 e. The van der Waals surface area contributed by atoms with Crippen molar-refractivity contribution < 1.29 is 0 Å². The summed E-state index contributed by atoms with van der Waals surface area (Å²) >= 11 is 4.32. The summed E-state index contributed by atoms with van der Waals surface area (Å²) in [6, 6.07) is 0. The van der Waals surface area contributed by atoms with E-state index in [1.54, 1.807) is 0 Å². The van der Waals surface area contributed by atoms with Crippen LogP contribution in [0.15, 0.2) is 12.2 Å². The normalized spacial score (nSPS) is 11.8. The highest BCUT2D eigenvalue weighted by Crippen LogP contribution is 2.31. The van der Waals surface area contributed by atoms with Gasteiger partial charge in [-0.25, -0.2) is 0 Å². The van der Waals surface area contributed by atoms with E-state index in [0.29, 0.717) is 5.41 Å². The van der Waals surface area contributed by atoms with Crippen LogP contribution < -0.4 is 0 Å². The Hall–Kier alpha value is 0.0900. The minimum absolute atomic E-state index is 0.416. The molecule has 0 aromatic rings. The molecule has 0 nitrogen and oxygen atoms in total. The molecule has 0 spiro atoms. The van der Waals surface area contributed by atoms with Gasteiger partial charge in [-0.1, -0.05) is 84.3 Å². The average Bonchev–Trinajstić information content (AvgIpc) is 2.43. The molecule has 0 fully saturated rings. The van der Waals surface area contributed by atoms with Crippen molar-refractivity contribution in [3.05, 3.63) is 12.2 Å². The quantitative estimate of drug-likeness (QED) is 0.180.